The minimum absolute atomic E-state index is 0.0819. The molecule has 7 heteroatoms. The fourth-order valence-electron chi connectivity index (χ4n) is 1.73. The Morgan fingerprint density at radius 2 is 2.04 bits per heavy atom. The van der Waals surface area contributed by atoms with Crippen molar-refractivity contribution in [2.75, 3.05) is 11.9 Å². The molecule has 120 valence electrons. The van der Waals surface area contributed by atoms with E-state index in [1.54, 1.807) is 37.3 Å². The number of nitrogens with zero attached hydrogens (tertiary/aromatic N) is 1. The number of anilines is 1. The molecule has 0 unspecified atom stereocenters. The van der Waals surface area contributed by atoms with E-state index in [0.29, 0.717) is 16.4 Å². The van der Waals surface area contributed by atoms with Gasteiger partial charge in [-0.1, -0.05) is 23.7 Å². The number of nitrogens with one attached hydrogen (secondary N) is 1. The van der Waals surface area contributed by atoms with Gasteiger partial charge in [-0.25, -0.2) is 14.6 Å². The minimum atomic E-state index is -0.578. The molecule has 6 nitrogen and oxygen atoms in total. The summed E-state index contributed by atoms with van der Waals surface area (Å²) in [5, 5.41) is 2.90. The summed E-state index contributed by atoms with van der Waals surface area (Å²) in [6, 6.07) is 9.74. The standard InChI is InChI=1S/C16H15ClN2O4/c1-2-22-16(21)19-13-5-3-4-12(8-13)15(20)23-10-11-6-7-14(17)18-9-11/h3-9H,2,10H2,1H3,(H,19,21). The highest BCUT2D eigenvalue weighted by atomic mass is 35.5. The molecule has 1 aromatic heterocycles. The summed E-state index contributed by atoms with van der Waals surface area (Å²) >= 11 is 5.69. The van der Waals surface area contributed by atoms with Gasteiger partial charge >= 0.3 is 12.1 Å². The van der Waals surface area contributed by atoms with E-state index in [9.17, 15) is 9.59 Å². The zero-order valence-corrected chi connectivity index (χ0v) is 13.2. The van der Waals surface area contributed by atoms with Crippen LogP contribution in [0.25, 0.3) is 0 Å². The second-order valence-corrected chi connectivity index (χ2v) is 4.88. The molecule has 0 fully saturated rings. The number of pyridine rings is 1. The highest BCUT2D eigenvalue weighted by Gasteiger charge is 2.10. The lowest BCUT2D eigenvalue weighted by Gasteiger charge is -2.08. The van der Waals surface area contributed by atoms with E-state index in [1.807, 2.05) is 0 Å². The minimum Gasteiger partial charge on any atom is -0.457 e. The van der Waals surface area contributed by atoms with Crippen LogP contribution in [-0.2, 0) is 16.1 Å². The maximum Gasteiger partial charge on any atom is 0.411 e. The van der Waals surface area contributed by atoms with Crippen LogP contribution in [0, 0.1) is 0 Å². The van der Waals surface area contributed by atoms with Gasteiger partial charge in [0.2, 0.25) is 0 Å². The molecular formula is C16H15ClN2O4. The molecule has 0 spiro atoms. The van der Waals surface area contributed by atoms with Gasteiger partial charge in [0.15, 0.2) is 0 Å². The lowest BCUT2D eigenvalue weighted by atomic mass is 10.2. The van der Waals surface area contributed by atoms with Crippen molar-refractivity contribution in [1.29, 1.82) is 0 Å². The third-order valence-corrected chi connectivity index (χ3v) is 3.00. The van der Waals surface area contributed by atoms with Crippen LogP contribution in [0.4, 0.5) is 10.5 Å². The van der Waals surface area contributed by atoms with Crippen molar-refractivity contribution < 1.29 is 19.1 Å². The molecule has 1 N–H and O–H groups in total. The molecule has 1 aromatic carbocycles. The Hall–Kier alpha value is -2.60. The van der Waals surface area contributed by atoms with E-state index >= 15 is 0 Å². The van der Waals surface area contributed by atoms with Gasteiger partial charge in [-0.2, -0.15) is 0 Å². The van der Waals surface area contributed by atoms with Crippen molar-refractivity contribution in [3.63, 3.8) is 0 Å². The van der Waals surface area contributed by atoms with Crippen molar-refractivity contribution >= 4 is 29.4 Å². The normalized spacial score (nSPS) is 10.0. The predicted molar refractivity (Wildman–Crippen MR) is 85.5 cm³/mol. The quantitative estimate of drug-likeness (QED) is 0.667. The first-order valence-electron chi connectivity index (χ1n) is 6.90. The third-order valence-electron chi connectivity index (χ3n) is 2.78. The molecule has 0 saturated heterocycles. The average Bonchev–Trinajstić information content (AvgIpc) is 2.54. The Morgan fingerprint density at radius 1 is 1.22 bits per heavy atom. The number of rotatable bonds is 5. The molecule has 1 amide bonds. The highest BCUT2D eigenvalue weighted by molar-refractivity contribution is 6.29. The van der Waals surface area contributed by atoms with Crippen LogP contribution in [-0.4, -0.2) is 23.7 Å². The summed E-state index contributed by atoms with van der Waals surface area (Å²) in [4.78, 5) is 27.3. The van der Waals surface area contributed by atoms with Gasteiger partial charge in [-0.3, -0.25) is 5.32 Å². The van der Waals surface area contributed by atoms with E-state index in [4.69, 9.17) is 21.1 Å². The first-order chi connectivity index (χ1) is 11.1. The van der Waals surface area contributed by atoms with Gasteiger partial charge in [-0.15, -0.1) is 0 Å². The lowest BCUT2D eigenvalue weighted by Crippen LogP contribution is -2.14. The van der Waals surface area contributed by atoms with E-state index < -0.39 is 12.1 Å². The van der Waals surface area contributed by atoms with E-state index in [0.717, 1.165) is 5.56 Å². The smallest absolute Gasteiger partial charge is 0.411 e. The third kappa shape index (κ3) is 5.27. The van der Waals surface area contributed by atoms with Crippen LogP contribution in [0.5, 0.6) is 0 Å². The number of esters is 1. The van der Waals surface area contributed by atoms with E-state index in [1.165, 1.54) is 12.3 Å². The number of ether oxygens (including phenoxy) is 2. The van der Waals surface area contributed by atoms with Crippen molar-refractivity contribution in [3.8, 4) is 0 Å². The van der Waals surface area contributed by atoms with Gasteiger partial charge in [0, 0.05) is 17.4 Å². The topological polar surface area (TPSA) is 77.5 Å². The summed E-state index contributed by atoms with van der Waals surface area (Å²) < 4.78 is 9.97. The van der Waals surface area contributed by atoms with Gasteiger partial charge in [0.25, 0.3) is 0 Å². The first kappa shape index (κ1) is 16.8. The Bertz CT molecular complexity index is 689. The molecular weight excluding hydrogens is 320 g/mol. The van der Waals surface area contributed by atoms with Crippen molar-refractivity contribution in [1.82, 2.24) is 4.98 Å². The molecule has 2 rings (SSSR count). The van der Waals surface area contributed by atoms with Crippen molar-refractivity contribution in [3.05, 3.63) is 58.9 Å². The van der Waals surface area contributed by atoms with Crippen LogP contribution in [0.1, 0.15) is 22.8 Å². The average molecular weight is 335 g/mol. The Kier molecular flexibility index (Phi) is 5.94. The van der Waals surface area contributed by atoms with Crippen LogP contribution in [0.2, 0.25) is 5.15 Å². The SMILES string of the molecule is CCOC(=O)Nc1cccc(C(=O)OCc2ccc(Cl)nc2)c1. The van der Waals surface area contributed by atoms with Crippen LogP contribution in [0.15, 0.2) is 42.6 Å². The lowest BCUT2D eigenvalue weighted by molar-refractivity contribution is 0.0472. The number of amides is 1. The van der Waals surface area contributed by atoms with E-state index in [2.05, 4.69) is 10.3 Å². The van der Waals surface area contributed by atoms with E-state index in [-0.39, 0.29) is 13.2 Å². The van der Waals surface area contributed by atoms with Gasteiger partial charge < -0.3 is 9.47 Å². The first-order valence-corrected chi connectivity index (χ1v) is 7.27. The number of carbonyl (C=O) groups is 2. The number of halogens is 1. The molecule has 0 bridgehead atoms. The number of benzene rings is 1. The molecule has 0 radical (unpaired) electrons. The second-order valence-electron chi connectivity index (χ2n) is 4.49. The number of carbonyl (C=O) groups excluding carboxylic acids is 2. The zero-order valence-electron chi connectivity index (χ0n) is 12.4. The summed E-state index contributed by atoms with van der Waals surface area (Å²) in [5.41, 5.74) is 1.50. The largest absolute Gasteiger partial charge is 0.457 e. The van der Waals surface area contributed by atoms with Crippen molar-refractivity contribution in [2.24, 2.45) is 0 Å². The second kappa shape index (κ2) is 8.14. The molecule has 0 saturated carbocycles. The molecule has 1 heterocycles. The summed E-state index contributed by atoms with van der Waals surface area (Å²) in [7, 11) is 0. The maximum atomic E-state index is 12.0. The molecule has 0 atom stereocenters. The monoisotopic (exact) mass is 334 g/mol. The number of hydrogen-bond acceptors (Lipinski definition) is 5. The van der Waals surface area contributed by atoms with Crippen LogP contribution >= 0.6 is 11.6 Å². The summed E-state index contributed by atoms with van der Waals surface area (Å²) in [6.07, 6.45) is 0.958. The highest BCUT2D eigenvalue weighted by Crippen LogP contribution is 2.13. The molecule has 0 aliphatic heterocycles. The molecule has 0 aliphatic rings. The Morgan fingerprint density at radius 3 is 2.74 bits per heavy atom. The maximum absolute atomic E-state index is 12.0. The van der Waals surface area contributed by atoms with Gasteiger partial charge in [0.1, 0.15) is 11.8 Å². The fourth-order valence-corrected chi connectivity index (χ4v) is 1.84. The molecule has 0 aliphatic carbocycles. The van der Waals surface area contributed by atoms with Gasteiger partial charge in [0.05, 0.1) is 12.2 Å². The summed E-state index contributed by atoms with van der Waals surface area (Å²) in [6.45, 7) is 2.06. The number of aromatic nitrogens is 1. The Balaban J connectivity index is 1.96. The van der Waals surface area contributed by atoms with Crippen LogP contribution < -0.4 is 5.32 Å². The number of hydrogen-bond donors (Lipinski definition) is 1. The Labute approximate surface area is 138 Å². The fraction of sp³-hybridized carbons (Fsp3) is 0.188. The van der Waals surface area contributed by atoms with Gasteiger partial charge in [-0.05, 0) is 31.2 Å². The van der Waals surface area contributed by atoms with Crippen molar-refractivity contribution in [2.45, 2.75) is 13.5 Å². The predicted octanol–water partition coefficient (Wildman–Crippen LogP) is 3.66. The zero-order chi connectivity index (χ0) is 16.7. The van der Waals surface area contributed by atoms with Crippen LogP contribution in [0.3, 0.4) is 0 Å². The molecule has 2 aromatic rings. The molecule has 23 heavy (non-hydrogen) atoms. The summed E-state index contributed by atoms with van der Waals surface area (Å²) in [5.74, 6) is -0.507.